The summed E-state index contributed by atoms with van der Waals surface area (Å²) in [5.41, 5.74) is 2.29. The highest BCUT2D eigenvalue weighted by atomic mass is 16.5. The minimum absolute atomic E-state index is 0.134. The molecule has 3 rings (SSSR count). The van der Waals surface area contributed by atoms with Crippen LogP contribution in [-0.2, 0) is 11.2 Å². The molecule has 0 aromatic heterocycles. The zero-order chi connectivity index (χ0) is 13.9. The van der Waals surface area contributed by atoms with E-state index in [0.29, 0.717) is 6.61 Å². The molecule has 0 spiro atoms. The quantitative estimate of drug-likeness (QED) is 0.914. The van der Waals surface area contributed by atoms with Crippen LogP contribution in [0.15, 0.2) is 18.2 Å². The van der Waals surface area contributed by atoms with Crippen molar-refractivity contribution in [2.75, 3.05) is 33.4 Å². The Hall–Kier alpha value is -1.10. The fraction of sp³-hybridized carbons (Fsp3) is 0.625. The molecule has 1 saturated heterocycles. The number of likely N-dealkylation sites (N-methyl/N-ethyl adjacent to an activating group) is 1. The zero-order valence-electron chi connectivity index (χ0n) is 12.0. The first-order valence-electron chi connectivity index (χ1n) is 7.46. The summed E-state index contributed by atoms with van der Waals surface area (Å²) in [5.74, 6) is 0.835. The Balaban J connectivity index is 1.61. The van der Waals surface area contributed by atoms with E-state index in [1.165, 1.54) is 5.56 Å². The van der Waals surface area contributed by atoms with Gasteiger partial charge in [-0.05, 0) is 49.6 Å². The van der Waals surface area contributed by atoms with E-state index in [0.717, 1.165) is 50.3 Å². The van der Waals surface area contributed by atoms with Crippen molar-refractivity contribution < 1.29 is 14.6 Å². The smallest absolute Gasteiger partial charge is 0.119 e. The lowest BCUT2D eigenvalue weighted by Crippen LogP contribution is -2.42. The van der Waals surface area contributed by atoms with Crippen LogP contribution in [0, 0.1) is 0 Å². The molecule has 1 aliphatic carbocycles. The Bertz CT molecular complexity index is 463. The Kier molecular flexibility index (Phi) is 4.24. The van der Waals surface area contributed by atoms with Crippen LogP contribution in [0.4, 0.5) is 0 Å². The summed E-state index contributed by atoms with van der Waals surface area (Å²) < 4.78 is 11.5. The molecule has 2 unspecified atom stereocenters. The number of fused-ring (bicyclic) bond motifs is 1. The third-order valence-corrected chi connectivity index (χ3v) is 4.18. The van der Waals surface area contributed by atoms with Crippen molar-refractivity contribution in [2.24, 2.45) is 0 Å². The van der Waals surface area contributed by atoms with E-state index in [1.54, 1.807) is 0 Å². The zero-order valence-corrected chi connectivity index (χ0v) is 12.0. The number of aliphatic hydroxyl groups is 1. The third-order valence-electron chi connectivity index (χ3n) is 4.18. The summed E-state index contributed by atoms with van der Waals surface area (Å²) in [6.07, 6.45) is 2.78. The van der Waals surface area contributed by atoms with Gasteiger partial charge in [0.2, 0.25) is 0 Å². The predicted octanol–water partition coefficient (Wildman–Crippen LogP) is 1.77. The molecule has 0 radical (unpaired) electrons. The molecule has 1 aromatic carbocycles. The number of aryl methyl sites for hydroxylation is 1. The maximum atomic E-state index is 10.1. The SMILES string of the molecule is CN1CCOC(COc2ccc3c(c2)C(O)CCC3)C1. The largest absolute Gasteiger partial charge is 0.491 e. The van der Waals surface area contributed by atoms with E-state index in [9.17, 15) is 5.11 Å². The van der Waals surface area contributed by atoms with Crippen LogP contribution in [0.2, 0.25) is 0 Å². The maximum Gasteiger partial charge on any atom is 0.119 e. The fourth-order valence-electron chi connectivity index (χ4n) is 3.00. The highest BCUT2D eigenvalue weighted by molar-refractivity contribution is 5.38. The Morgan fingerprint density at radius 2 is 2.35 bits per heavy atom. The maximum absolute atomic E-state index is 10.1. The Labute approximate surface area is 120 Å². The molecule has 4 nitrogen and oxygen atoms in total. The van der Waals surface area contributed by atoms with Crippen LogP contribution >= 0.6 is 0 Å². The van der Waals surface area contributed by atoms with Gasteiger partial charge >= 0.3 is 0 Å². The average Bonchev–Trinajstić information content (AvgIpc) is 2.46. The summed E-state index contributed by atoms with van der Waals surface area (Å²) in [5, 5.41) is 10.1. The number of aliphatic hydroxyl groups excluding tert-OH is 1. The van der Waals surface area contributed by atoms with Gasteiger partial charge in [0.15, 0.2) is 0 Å². The van der Waals surface area contributed by atoms with Gasteiger partial charge in [0.05, 0.1) is 12.7 Å². The van der Waals surface area contributed by atoms with Crippen molar-refractivity contribution in [1.82, 2.24) is 4.90 Å². The fourth-order valence-corrected chi connectivity index (χ4v) is 3.00. The second-order valence-electron chi connectivity index (χ2n) is 5.83. The number of morpholine rings is 1. The number of benzene rings is 1. The van der Waals surface area contributed by atoms with E-state index < -0.39 is 0 Å². The number of hydrogen-bond donors (Lipinski definition) is 1. The summed E-state index contributed by atoms with van der Waals surface area (Å²) >= 11 is 0. The molecule has 1 N–H and O–H groups in total. The van der Waals surface area contributed by atoms with Crippen molar-refractivity contribution in [1.29, 1.82) is 0 Å². The van der Waals surface area contributed by atoms with Crippen molar-refractivity contribution in [3.63, 3.8) is 0 Å². The third kappa shape index (κ3) is 3.14. The number of rotatable bonds is 3. The van der Waals surface area contributed by atoms with Crippen LogP contribution in [0.5, 0.6) is 5.75 Å². The van der Waals surface area contributed by atoms with Gasteiger partial charge in [0.1, 0.15) is 18.5 Å². The molecule has 0 bridgehead atoms. The summed E-state index contributed by atoms with van der Waals surface area (Å²) in [6, 6.07) is 6.08. The normalized spacial score (nSPS) is 27.1. The molecule has 1 fully saturated rings. The van der Waals surface area contributed by atoms with Gasteiger partial charge in [-0.3, -0.25) is 0 Å². The molecule has 4 heteroatoms. The number of ether oxygens (including phenoxy) is 2. The van der Waals surface area contributed by atoms with Crippen LogP contribution in [0.1, 0.15) is 30.1 Å². The predicted molar refractivity (Wildman–Crippen MR) is 77.1 cm³/mol. The second-order valence-corrected chi connectivity index (χ2v) is 5.83. The van der Waals surface area contributed by atoms with Gasteiger partial charge in [-0.25, -0.2) is 0 Å². The van der Waals surface area contributed by atoms with Crippen LogP contribution in [0.25, 0.3) is 0 Å². The van der Waals surface area contributed by atoms with Gasteiger partial charge in [-0.2, -0.15) is 0 Å². The molecule has 0 amide bonds. The Morgan fingerprint density at radius 1 is 1.45 bits per heavy atom. The second kappa shape index (κ2) is 6.12. The van der Waals surface area contributed by atoms with Gasteiger partial charge < -0.3 is 19.5 Å². The summed E-state index contributed by atoms with van der Waals surface area (Å²) in [6.45, 7) is 3.24. The lowest BCUT2D eigenvalue weighted by atomic mass is 9.89. The Morgan fingerprint density at radius 3 is 3.20 bits per heavy atom. The van der Waals surface area contributed by atoms with E-state index >= 15 is 0 Å². The van der Waals surface area contributed by atoms with E-state index in [-0.39, 0.29) is 12.2 Å². The highest BCUT2D eigenvalue weighted by Gasteiger charge is 2.20. The summed E-state index contributed by atoms with van der Waals surface area (Å²) in [4.78, 5) is 2.26. The van der Waals surface area contributed by atoms with E-state index in [1.807, 2.05) is 12.1 Å². The van der Waals surface area contributed by atoms with Gasteiger partial charge in [-0.15, -0.1) is 0 Å². The molecule has 110 valence electrons. The first kappa shape index (κ1) is 13.9. The van der Waals surface area contributed by atoms with Gasteiger partial charge in [-0.1, -0.05) is 6.07 Å². The molecule has 2 aliphatic rings. The molecule has 0 saturated carbocycles. The van der Waals surface area contributed by atoms with Crippen molar-refractivity contribution in [3.8, 4) is 5.75 Å². The van der Waals surface area contributed by atoms with E-state index in [2.05, 4.69) is 18.0 Å². The topological polar surface area (TPSA) is 41.9 Å². The minimum Gasteiger partial charge on any atom is -0.491 e. The average molecular weight is 277 g/mol. The molecule has 20 heavy (non-hydrogen) atoms. The molecule has 1 heterocycles. The molecular weight excluding hydrogens is 254 g/mol. The summed E-state index contributed by atoms with van der Waals surface area (Å²) in [7, 11) is 2.10. The van der Waals surface area contributed by atoms with Crippen molar-refractivity contribution >= 4 is 0 Å². The first-order chi connectivity index (χ1) is 9.72. The minimum atomic E-state index is -0.334. The monoisotopic (exact) mass is 277 g/mol. The molecule has 2 atom stereocenters. The lowest BCUT2D eigenvalue weighted by Gasteiger charge is -2.30. The van der Waals surface area contributed by atoms with Crippen molar-refractivity contribution in [3.05, 3.63) is 29.3 Å². The first-order valence-corrected chi connectivity index (χ1v) is 7.46. The molecular formula is C16H23NO3. The standard InChI is InChI=1S/C16H23NO3/c1-17-7-8-19-14(10-17)11-20-13-6-5-12-3-2-4-16(18)15(12)9-13/h5-6,9,14,16,18H,2-4,7-8,10-11H2,1H3. The number of nitrogens with zero attached hydrogens (tertiary/aromatic N) is 1. The van der Waals surface area contributed by atoms with E-state index in [4.69, 9.17) is 9.47 Å². The van der Waals surface area contributed by atoms with Crippen LogP contribution in [0.3, 0.4) is 0 Å². The van der Waals surface area contributed by atoms with Crippen LogP contribution < -0.4 is 4.74 Å². The van der Waals surface area contributed by atoms with Gasteiger partial charge in [0, 0.05) is 13.1 Å². The molecule has 1 aromatic rings. The van der Waals surface area contributed by atoms with Gasteiger partial charge in [0.25, 0.3) is 0 Å². The molecule has 1 aliphatic heterocycles. The van der Waals surface area contributed by atoms with Crippen LogP contribution in [-0.4, -0.2) is 49.5 Å². The highest BCUT2D eigenvalue weighted by Crippen LogP contribution is 2.32. The number of hydrogen-bond acceptors (Lipinski definition) is 4. The lowest BCUT2D eigenvalue weighted by molar-refractivity contribution is -0.0403. The van der Waals surface area contributed by atoms with Crippen molar-refractivity contribution in [2.45, 2.75) is 31.5 Å².